The maximum Gasteiger partial charge on any atom is 0.122 e. The summed E-state index contributed by atoms with van der Waals surface area (Å²) < 4.78 is 0. The van der Waals surface area contributed by atoms with E-state index in [-0.39, 0.29) is 17.2 Å². The van der Waals surface area contributed by atoms with Gasteiger partial charge in [0.15, 0.2) is 0 Å². The predicted octanol–water partition coefficient (Wildman–Crippen LogP) is 4.42. The summed E-state index contributed by atoms with van der Waals surface area (Å²) in [6.45, 7) is 0. The van der Waals surface area contributed by atoms with Crippen molar-refractivity contribution >= 4 is 0 Å². The third-order valence-electron chi connectivity index (χ3n) is 5.73. The minimum Gasteiger partial charge on any atom is -0.508 e. The van der Waals surface area contributed by atoms with Gasteiger partial charge in [-0.1, -0.05) is 25.0 Å². The van der Waals surface area contributed by atoms with Crippen molar-refractivity contribution in [1.29, 1.82) is 0 Å². The maximum atomic E-state index is 10.3. The molecule has 0 aromatic heterocycles. The Kier molecular flexibility index (Phi) is 3.44. The Bertz CT molecular complexity index is 720. The summed E-state index contributed by atoms with van der Waals surface area (Å²) in [5.41, 5.74) is 3.36. The molecular weight excluding hydrogens is 288 g/mol. The van der Waals surface area contributed by atoms with Gasteiger partial charge in [-0.3, -0.25) is 0 Å². The van der Waals surface area contributed by atoms with Crippen molar-refractivity contribution in [2.24, 2.45) is 5.92 Å². The standard InChI is InChI=1S/C20H22O3/c21-13-7-5-12(6-8-13)17-11-19-18(9-14(22)10-20(19)23)16-4-2-1-3-15(16)17/h5-10,15-17,21-23H,1-4,11H2/t15-,16+,17-/m0/s1. The summed E-state index contributed by atoms with van der Waals surface area (Å²) in [4.78, 5) is 0. The van der Waals surface area contributed by atoms with Gasteiger partial charge < -0.3 is 15.3 Å². The zero-order valence-electron chi connectivity index (χ0n) is 13.1. The Morgan fingerprint density at radius 2 is 1.52 bits per heavy atom. The Balaban J connectivity index is 1.81. The average molecular weight is 310 g/mol. The molecule has 0 radical (unpaired) electrons. The summed E-state index contributed by atoms with van der Waals surface area (Å²) in [5.74, 6) is 1.98. The fourth-order valence-electron chi connectivity index (χ4n) is 4.70. The fourth-order valence-corrected chi connectivity index (χ4v) is 4.70. The molecule has 23 heavy (non-hydrogen) atoms. The molecule has 2 aliphatic carbocycles. The lowest BCUT2D eigenvalue weighted by molar-refractivity contribution is 0.240. The highest BCUT2D eigenvalue weighted by atomic mass is 16.3. The molecule has 2 aromatic rings. The van der Waals surface area contributed by atoms with E-state index in [4.69, 9.17) is 0 Å². The van der Waals surface area contributed by atoms with E-state index in [9.17, 15) is 15.3 Å². The van der Waals surface area contributed by atoms with Crippen LogP contribution in [0.15, 0.2) is 36.4 Å². The molecule has 2 aromatic carbocycles. The molecule has 0 saturated heterocycles. The summed E-state index contributed by atoms with van der Waals surface area (Å²) >= 11 is 0. The van der Waals surface area contributed by atoms with Crippen molar-refractivity contribution < 1.29 is 15.3 Å². The molecule has 0 amide bonds. The number of rotatable bonds is 1. The van der Waals surface area contributed by atoms with E-state index in [0.717, 1.165) is 24.0 Å². The molecule has 3 atom stereocenters. The van der Waals surface area contributed by atoms with E-state index in [2.05, 4.69) is 0 Å². The molecule has 3 N–H and O–H groups in total. The largest absolute Gasteiger partial charge is 0.508 e. The second-order valence-corrected chi connectivity index (χ2v) is 6.99. The summed E-state index contributed by atoms with van der Waals surface area (Å²) in [5, 5.41) is 29.8. The average Bonchev–Trinajstić information content (AvgIpc) is 2.55. The first-order valence-corrected chi connectivity index (χ1v) is 8.47. The van der Waals surface area contributed by atoms with Crippen LogP contribution in [0, 0.1) is 5.92 Å². The smallest absolute Gasteiger partial charge is 0.122 e. The van der Waals surface area contributed by atoms with E-state index >= 15 is 0 Å². The Morgan fingerprint density at radius 3 is 2.30 bits per heavy atom. The van der Waals surface area contributed by atoms with Crippen LogP contribution in [0.5, 0.6) is 17.2 Å². The first kappa shape index (κ1) is 14.4. The monoisotopic (exact) mass is 310 g/mol. The van der Waals surface area contributed by atoms with Crippen LogP contribution in [0.4, 0.5) is 0 Å². The SMILES string of the molecule is Oc1ccc([C@@H]2Cc3c(O)cc(O)cc3[C@@H]3CCCC[C@H]23)cc1. The van der Waals surface area contributed by atoms with Gasteiger partial charge in [-0.25, -0.2) is 0 Å². The molecule has 0 bridgehead atoms. The summed E-state index contributed by atoms with van der Waals surface area (Å²) in [7, 11) is 0. The first-order valence-electron chi connectivity index (χ1n) is 8.47. The van der Waals surface area contributed by atoms with E-state index in [1.54, 1.807) is 12.1 Å². The third-order valence-corrected chi connectivity index (χ3v) is 5.73. The normalized spacial score (nSPS) is 26.3. The van der Waals surface area contributed by atoms with Crippen LogP contribution in [0.2, 0.25) is 0 Å². The van der Waals surface area contributed by atoms with Crippen LogP contribution >= 0.6 is 0 Å². The summed E-state index contributed by atoms with van der Waals surface area (Å²) in [6.07, 6.45) is 5.56. The molecule has 0 heterocycles. The van der Waals surface area contributed by atoms with Gasteiger partial charge in [0, 0.05) is 6.07 Å². The maximum absolute atomic E-state index is 10.3. The van der Waals surface area contributed by atoms with Crippen molar-refractivity contribution in [3.05, 3.63) is 53.1 Å². The number of phenolic OH excluding ortho intramolecular Hbond substituents is 3. The van der Waals surface area contributed by atoms with Gasteiger partial charge in [-0.2, -0.15) is 0 Å². The van der Waals surface area contributed by atoms with E-state index in [1.165, 1.54) is 30.9 Å². The van der Waals surface area contributed by atoms with Crippen LogP contribution in [-0.4, -0.2) is 15.3 Å². The Morgan fingerprint density at radius 1 is 0.783 bits per heavy atom. The molecule has 3 nitrogen and oxygen atoms in total. The lowest BCUT2D eigenvalue weighted by Gasteiger charge is -2.43. The Labute approximate surface area is 136 Å². The number of hydrogen-bond acceptors (Lipinski definition) is 3. The molecule has 3 heteroatoms. The van der Waals surface area contributed by atoms with Crippen molar-refractivity contribution in [2.45, 2.75) is 43.9 Å². The van der Waals surface area contributed by atoms with Crippen molar-refractivity contribution in [3.8, 4) is 17.2 Å². The molecule has 0 aliphatic heterocycles. The van der Waals surface area contributed by atoms with Crippen molar-refractivity contribution in [1.82, 2.24) is 0 Å². The molecule has 4 rings (SSSR count). The summed E-state index contributed by atoms with van der Waals surface area (Å²) in [6, 6.07) is 10.8. The number of hydrogen-bond donors (Lipinski definition) is 3. The lowest BCUT2D eigenvalue weighted by atomic mass is 9.61. The van der Waals surface area contributed by atoms with E-state index in [1.807, 2.05) is 18.2 Å². The lowest BCUT2D eigenvalue weighted by Crippen LogP contribution is -2.30. The second-order valence-electron chi connectivity index (χ2n) is 6.99. The number of aromatic hydroxyl groups is 3. The van der Waals surface area contributed by atoms with Gasteiger partial charge in [0.25, 0.3) is 0 Å². The molecule has 1 saturated carbocycles. The molecular formula is C20H22O3. The highest BCUT2D eigenvalue weighted by Gasteiger charge is 2.39. The topological polar surface area (TPSA) is 60.7 Å². The van der Waals surface area contributed by atoms with Crippen LogP contribution in [0.25, 0.3) is 0 Å². The van der Waals surface area contributed by atoms with Crippen LogP contribution in [-0.2, 0) is 6.42 Å². The number of fused-ring (bicyclic) bond motifs is 3. The molecule has 120 valence electrons. The Hall–Kier alpha value is -2.16. The zero-order chi connectivity index (χ0) is 16.0. The van der Waals surface area contributed by atoms with Crippen LogP contribution in [0.1, 0.15) is 54.2 Å². The number of benzene rings is 2. The highest BCUT2D eigenvalue weighted by Crippen LogP contribution is 2.53. The highest BCUT2D eigenvalue weighted by molar-refractivity contribution is 5.50. The molecule has 0 unspecified atom stereocenters. The van der Waals surface area contributed by atoms with Gasteiger partial charge in [0.1, 0.15) is 17.2 Å². The first-order chi connectivity index (χ1) is 11.1. The quantitative estimate of drug-likeness (QED) is 0.731. The van der Waals surface area contributed by atoms with Crippen LogP contribution in [0.3, 0.4) is 0 Å². The molecule has 1 fully saturated rings. The van der Waals surface area contributed by atoms with Crippen molar-refractivity contribution in [2.75, 3.05) is 0 Å². The second kappa shape index (κ2) is 5.48. The van der Waals surface area contributed by atoms with E-state index in [0.29, 0.717) is 17.8 Å². The minimum atomic E-state index is 0.161. The fraction of sp³-hybridized carbons (Fsp3) is 0.400. The molecule has 2 aliphatic rings. The van der Waals surface area contributed by atoms with Crippen molar-refractivity contribution in [3.63, 3.8) is 0 Å². The zero-order valence-corrected chi connectivity index (χ0v) is 13.1. The predicted molar refractivity (Wildman–Crippen MR) is 89.0 cm³/mol. The van der Waals surface area contributed by atoms with Gasteiger partial charge in [0.05, 0.1) is 0 Å². The van der Waals surface area contributed by atoms with Gasteiger partial charge in [0.2, 0.25) is 0 Å². The van der Waals surface area contributed by atoms with Gasteiger partial charge in [-0.15, -0.1) is 0 Å². The third kappa shape index (κ3) is 2.44. The van der Waals surface area contributed by atoms with Crippen LogP contribution < -0.4 is 0 Å². The van der Waals surface area contributed by atoms with E-state index < -0.39 is 0 Å². The minimum absolute atomic E-state index is 0.161. The molecule has 0 spiro atoms. The van der Waals surface area contributed by atoms with Gasteiger partial charge in [-0.05, 0) is 71.9 Å². The number of phenols is 3. The van der Waals surface area contributed by atoms with Gasteiger partial charge >= 0.3 is 0 Å².